The maximum absolute atomic E-state index is 12.3. The van der Waals surface area contributed by atoms with Crippen molar-refractivity contribution in [3.05, 3.63) is 0 Å². The molecule has 3 rings (SSSR count). The number of ether oxygens (including phenoxy) is 2. The number of amides is 1. The summed E-state index contributed by atoms with van der Waals surface area (Å²) in [7, 11) is 0. The number of hydrogen-bond donors (Lipinski definition) is 0. The van der Waals surface area contributed by atoms with E-state index in [4.69, 9.17) is 9.47 Å². The summed E-state index contributed by atoms with van der Waals surface area (Å²) < 4.78 is 10.5. The highest BCUT2D eigenvalue weighted by Gasteiger charge is 2.76. The molecule has 0 aromatic rings. The third-order valence-corrected chi connectivity index (χ3v) is 4.95. The van der Waals surface area contributed by atoms with E-state index in [-0.39, 0.29) is 24.2 Å². The van der Waals surface area contributed by atoms with Crippen LogP contribution in [-0.2, 0) is 14.3 Å². The third kappa shape index (κ3) is 1.90. The van der Waals surface area contributed by atoms with Crippen molar-refractivity contribution in [3.8, 4) is 0 Å². The molecule has 1 amide bonds. The number of cyclic esters (lactones) is 1. The first-order chi connectivity index (χ1) is 9.61. The zero-order valence-corrected chi connectivity index (χ0v) is 12.3. The molecule has 3 fully saturated rings. The molecule has 2 heterocycles. The molecule has 5 nitrogen and oxygen atoms in total. The van der Waals surface area contributed by atoms with Crippen molar-refractivity contribution < 1.29 is 19.1 Å². The first-order valence-electron chi connectivity index (χ1n) is 7.78. The van der Waals surface area contributed by atoms with Crippen molar-refractivity contribution in [2.75, 3.05) is 6.61 Å². The molecule has 2 saturated heterocycles. The Kier molecular flexibility index (Phi) is 3.38. The van der Waals surface area contributed by atoms with Crippen LogP contribution in [0, 0.1) is 5.92 Å². The Hall–Kier alpha value is -1.26. The molecule has 0 aromatic carbocycles. The van der Waals surface area contributed by atoms with Crippen LogP contribution in [0.25, 0.3) is 0 Å². The molecule has 1 aliphatic carbocycles. The van der Waals surface area contributed by atoms with Crippen LogP contribution in [0.15, 0.2) is 0 Å². The molecule has 0 radical (unpaired) electrons. The van der Waals surface area contributed by atoms with E-state index in [2.05, 4.69) is 0 Å². The lowest BCUT2D eigenvalue weighted by Crippen LogP contribution is -2.29. The zero-order chi connectivity index (χ0) is 14.3. The normalized spacial score (nSPS) is 37.1. The van der Waals surface area contributed by atoms with E-state index in [1.165, 1.54) is 19.3 Å². The average molecular weight is 281 g/mol. The Balaban J connectivity index is 1.82. The second-order valence-corrected chi connectivity index (χ2v) is 6.26. The highest BCUT2D eigenvalue weighted by molar-refractivity contribution is 5.94. The molecule has 5 heteroatoms. The van der Waals surface area contributed by atoms with Gasteiger partial charge in [0.2, 0.25) is 0 Å². The van der Waals surface area contributed by atoms with Crippen molar-refractivity contribution in [2.24, 2.45) is 5.92 Å². The molecule has 0 aromatic heterocycles. The monoisotopic (exact) mass is 281 g/mol. The summed E-state index contributed by atoms with van der Waals surface area (Å²) in [5.41, 5.74) is -0.715. The van der Waals surface area contributed by atoms with Gasteiger partial charge in [-0.2, -0.15) is 0 Å². The van der Waals surface area contributed by atoms with Gasteiger partial charge in [-0.05, 0) is 32.6 Å². The van der Waals surface area contributed by atoms with Crippen LogP contribution < -0.4 is 0 Å². The lowest BCUT2D eigenvalue weighted by atomic mass is 9.82. The van der Waals surface area contributed by atoms with Crippen molar-refractivity contribution in [2.45, 2.75) is 70.1 Å². The first kappa shape index (κ1) is 13.7. The lowest BCUT2D eigenvalue weighted by Gasteiger charge is -2.21. The summed E-state index contributed by atoms with van der Waals surface area (Å²) >= 11 is 0. The number of esters is 1. The van der Waals surface area contributed by atoms with E-state index < -0.39 is 5.54 Å². The standard InChI is InChI=1S/C15H23NO4/c1-3-19-14(18)16-12(11-7-5-4-6-8-11)15(16)9-10(2)20-13(15)17/h10-12H,3-9H2,1-2H3/t10-,12-,15+,16?/m0/s1. The molecule has 0 N–H and O–H groups in total. The highest BCUT2D eigenvalue weighted by Crippen LogP contribution is 2.55. The van der Waals surface area contributed by atoms with Crippen molar-refractivity contribution in [3.63, 3.8) is 0 Å². The molecule has 2 aliphatic heterocycles. The van der Waals surface area contributed by atoms with E-state index in [1.807, 2.05) is 6.92 Å². The van der Waals surface area contributed by atoms with E-state index in [0.717, 1.165) is 12.8 Å². The van der Waals surface area contributed by atoms with Gasteiger partial charge in [0.25, 0.3) is 0 Å². The molecule has 1 spiro atoms. The molecule has 1 saturated carbocycles. The van der Waals surface area contributed by atoms with Crippen molar-refractivity contribution in [1.29, 1.82) is 0 Å². The van der Waals surface area contributed by atoms with Gasteiger partial charge in [-0.25, -0.2) is 9.59 Å². The van der Waals surface area contributed by atoms with Gasteiger partial charge in [-0.1, -0.05) is 19.3 Å². The first-order valence-corrected chi connectivity index (χ1v) is 7.78. The Morgan fingerprint density at radius 3 is 2.65 bits per heavy atom. The average Bonchev–Trinajstić information content (AvgIpc) is 3.00. The van der Waals surface area contributed by atoms with Gasteiger partial charge in [-0.3, -0.25) is 4.90 Å². The summed E-state index contributed by atoms with van der Waals surface area (Å²) in [6, 6.07) is -0.000648. The summed E-state index contributed by atoms with van der Waals surface area (Å²) in [4.78, 5) is 26.1. The van der Waals surface area contributed by atoms with Gasteiger partial charge < -0.3 is 9.47 Å². The van der Waals surface area contributed by atoms with Crippen LogP contribution in [0.5, 0.6) is 0 Å². The summed E-state index contributed by atoms with van der Waals surface area (Å²) in [6.45, 7) is 4.03. The van der Waals surface area contributed by atoms with Crippen molar-refractivity contribution >= 4 is 12.1 Å². The van der Waals surface area contributed by atoms with Gasteiger partial charge in [-0.15, -0.1) is 0 Å². The fourth-order valence-electron chi connectivity index (χ4n) is 4.16. The predicted octanol–water partition coefficient (Wildman–Crippen LogP) is 2.48. The zero-order valence-electron chi connectivity index (χ0n) is 12.3. The fourth-order valence-corrected chi connectivity index (χ4v) is 4.16. The topological polar surface area (TPSA) is 55.6 Å². The van der Waals surface area contributed by atoms with E-state index in [9.17, 15) is 9.59 Å². The van der Waals surface area contributed by atoms with Gasteiger partial charge in [0.15, 0.2) is 5.54 Å². The number of rotatable bonds is 2. The smallest absolute Gasteiger partial charge is 0.411 e. The molecule has 0 bridgehead atoms. The molecule has 0 unspecified atom stereocenters. The molecular formula is C15H23NO4. The summed E-state index contributed by atoms with van der Waals surface area (Å²) in [5.74, 6) is 0.194. The minimum Gasteiger partial charge on any atom is -0.461 e. The number of hydrogen-bond acceptors (Lipinski definition) is 4. The van der Waals surface area contributed by atoms with Gasteiger partial charge in [0.05, 0.1) is 12.6 Å². The van der Waals surface area contributed by atoms with Gasteiger partial charge in [0, 0.05) is 6.42 Å². The number of nitrogens with zero attached hydrogens (tertiary/aromatic N) is 1. The summed E-state index contributed by atoms with van der Waals surface area (Å²) in [6.07, 6.45) is 6.01. The Morgan fingerprint density at radius 1 is 1.40 bits per heavy atom. The van der Waals surface area contributed by atoms with E-state index >= 15 is 0 Å². The maximum Gasteiger partial charge on any atom is 0.411 e. The number of carbonyl (C=O) groups excluding carboxylic acids is 2. The lowest BCUT2D eigenvalue weighted by molar-refractivity contribution is -0.143. The van der Waals surface area contributed by atoms with Gasteiger partial charge in [0.1, 0.15) is 6.10 Å². The van der Waals surface area contributed by atoms with Crippen LogP contribution >= 0.6 is 0 Å². The second kappa shape index (κ2) is 4.93. The Bertz CT molecular complexity index is 418. The second-order valence-electron chi connectivity index (χ2n) is 6.26. The van der Waals surface area contributed by atoms with Gasteiger partial charge >= 0.3 is 12.1 Å². The minimum absolute atomic E-state index is 0.000648. The number of carbonyl (C=O) groups is 2. The van der Waals surface area contributed by atoms with Crippen LogP contribution in [-0.4, -0.2) is 41.3 Å². The predicted molar refractivity (Wildman–Crippen MR) is 72.1 cm³/mol. The third-order valence-electron chi connectivity index (χ3n) is 4.95. The highest BCUT2D eigenvalue weighted by atomic mass is 16.6. The van der Waals surface area contributed by atoms with Crippen LogP contribution in [0.3, 0.4) is 0 Å². The molecule has 112 valence electrons. The largest absolute Gasteiger partial charge is 0.461 e. The molecule has 3 atom stereocenters. The Labute approximate surface area is 119 Å². The summed E-state index contributed by atoms with van der Waals surface area (Å²) in [5, 5.41) is 0. The quantitative estimate of drug-likeness (QED) is 0.576. The van der Waals surface area contributed by atoms with Crippen LogP contribution in [0.2, 0.25) is 0 Å². The fraction of sp³-hybridized carbons (Fsp3) is 0.867. The maximum atomic E-state index is 12.3. The molecular weight excluding hydrogens is 258 g/mol. The van der Waals surface area contributed by atoms with Crippen LogP contribution in [0.1, 0.15) is 52.4 Å². The Morgan fingerprint density at radius 2 is 2.10 bits per heavy atom. The van der Waals surface area contributed by atoms with E-state index in [0.29, 0.717) is 18.9 Å². The molecule has 3 aliphatic rings. The van der Waals surface area contributed by atoms with E-state index in [1.54, 1.807) is 11.8 Å². The minimum atomic E-state index is -0.715. The van der Waals surface area contributed by atoms with Crippen molar-refractivity contribution in [1.82, 2.24) is 4.90 Å². The van der Waals surface area contributed by atoms with Crippen LogP contribution in [0.4, 0.5) is 4.79 Å². The SMILES string of the molecule is CCOC(=O)N1[C@@H](C2CCCCC2)[C@@]12C[C@H](C)OC2=O. The molecule has 20 heavy (non-hydrogen) atoms.